The lowest BCUT2D eigenvalue weighted by atomic mass is 9.96. The molecule has 20 rings (SSSR count). The number of anilines is 8. The second kappa shape index (κ2) is 36.6. The second-order valence-electron chi connectivity index (χ2n) is 30.2. The van der Waals surface area contributed by atoms with E-state index in [0.717, 1.165) is 0 Å². The Balaban J connectivity index is 0.000000114. The summed E-state index contributed by atoms with van der Waals surface area (Å²) in [5.74, 6) is 0. The van der Waals surface area contributed by atoms with Crippen LogP contribution in [-0.4, -0.2) is 28.2 Å². The van der Waals surface area contributed by atoms with Crippen LogP contribution in [0.15, 0.2) is 485 Å². The predicted molar refractivity (Wildman–Crippen MR) is 517 cm³/mol. The van der Waals surface area contributed by atoms with Gasteiger partial charge in [0.15, 0.2) is 0 Å². The van der Waals surface area contributed by atoms with Crippen molar-refractivity contribution in [3.63, 3.8) is 0 Å². The standard InChI is InChI=1S/4C29H23N/c1-30(28-15-7-13-25(20-28)22-9-3-2-4-10-22)29-16-8-14-26(21-29)27-18-17-23-11-5-6-12-24(23)19-27;1-30(25-16-9-15-24(21-25)22-11-3-2-4-12-22)29-20-8-7-18-28(29)27-19-10-14-23-13-5-6-17-26(23)27;1-30(29-17-8-7-16-28(29)23-11-3-2-4-12-23)27-15-9-14-25(21-27)26-19-18-22-10-5-6-13-24(22)20-26;1-30(25-20-18-23(19-21-25)22-10-3-2-4-11-22)29-17-8-7-15-28(29)27-16-9-13-24-12-5-6-14-26(24)27/h4*2-21H,1H3. The van der Waals surface area contributed by atoms with E-state index in [2.05, 4.69) is 533 Å². The molecule has 20 aromatic rings. The maximum Gasteiger partial charge on any atom is 0.0487 e. The van der Waals surface area contributed by atoms with E-state index >= 15 is 0 Å². The summed E-state index contributed by atoms with van der Waals surface area (Å²) >= 11 is 0. The third-order valence-electron chi connectivity index (χ3n) is 22.7. The van der Waals surface area contributed by atoms with E-state index < -0.39 is 0 Å². The quantitative estimate of drug-likeness (QED) is 0.0956. The minimum atomic E-state index is 1.17. The number of hydrogen-bond donors (Lipinski definition) is 0. The van der Waals surface area contributed by atoms with Gasteiger partial charge in [0.1, 0.15) is 0 Å². The van der Waals surface area contributed by atoms with Gasteiger partial charge in [0, 0.05) is 90.4 Å². The van der Waals surface area contributed by atoms with Crippen LogP contribution in [0.3, 0.4) is 0 Å². The van der Waals surface area contributed by atoms with Crippen LogP contribution in [0.1, 0.15) is 0 Å². The molecular formula is C116H92N4. The van der Waals surface area contributed by atoms with Crippen molar-refractivity contribution in [2.75, 3.05) is 47.8 Å². The first-order valence-corrected chi connectivity index (χ1v) is 41.1. The summed E-state index contributed by atoms with van der Waals surface area (Å²) in [5.41, 5.74) is 29.2. The molecule has 0 aromatic heterocycles. The Hall–Kier alpha value is -15.4. The highest BCUT2D eigenvalue weighted by atomic mass is 15.1. The molecule has 0 atom stereocenters. The summed E-state index contributed by atoms with van der Waals surface area (Å²) < 4.78 is 0. The van der Waals surface area contributed by atoms with Crippen LogP contribution in [0, 0.1) is 0 Å². The molecule has 0 aliphatic heterocycles. The fourth-order valence-corrected chi connectivity index (χ4v) is 16.2. The highest BCUT2D eigenvalue weighted by Gasteiger charge is 2.18. The molecule has 20 aromatic carbocycles. The first-order chi connectivity index (χ1) is 59.2. The zero-order valence-electron chi connectivity index (χ0n) is 68.0. The molecule has 576 valence electrons. The van der Waals surface area contributed by atoms with Crippen LogP contribution in [-0.2, 0) is 0 Å². The molecule has 0 aliphatic carbocycles. The van der Waals surface area contributed by atoms with Crippen molar-refractivity contribution in [1.29, 1.82) is 0 Å². The summed E-state index contributed by atoms with van der Waals surface area (Å²) in [7, 11) is 8.56. The third-order valence-corrected chi connectivity index (χ3v) is 22.7. The Bertz CT molecular complexity index is 6850. The van der Waals surface area contributed by atoms with Crippen molar-refractivity contribution >= 4 is 88.6 Å². The number of para-hydroxylation sites is 3. The Morgan fingerprint density at radius 3 is 0.775 bits per heavy atom. The topological polar surface area (TPSA) is 13.0 Å². The Kier molecular flexibility index (Phi) is 23.6. The van der Waals surface area contributed by atoms with Gasteiger partial charge < -0.3 is 19.6 Å². The predicted octanol–water partition coefficient (Wildman–Crippen LogP) is 31.8. The lowest BCUT2D eigenvalue weighted by molar-refractivity contribution is 1.21. The van der Waals surface area contributed by atoms with Gasteiger partial charge in [0.2, 0.25) is 0 Å². The number of nitrogens with zero attached hydrogens (tertiary/aromatic N) is 4. The minimum Gasteiger partial charge on any atom is -0.345 e. The first-order valence-electron chi connectivity index (χ1n) is 41.1. The average Bonchev–Trinajstić information content (AvgIpc) is 0.796. The van der Waals surface area contributed by atoms with Gasteiger partial charge in [-0.25, -0.2) is 0 Å². The van der Waals surface area contributed by atoms with Crippen LogP contribution in [0.25, 0.3) is 132 Å². The molecule has 120 heavy (non-hydrogen) atoms. The monoisotopic (exact) mass is 1540 g/mol. The molecular weight excluding hydrogens is 1450 g/mol. The molecule has 0 unspecified atom stereocenters. The number of fused-ring (bicyclic) bond motifs is 4. The molecule has 0 amide bonds. The third kappa shape index (κ3) is 17.6. The molecule has 0 bridgehead atoms. The van der Waals surface area contributed by atoms with Crippen molar-refractivity contribution in [3.05, 3.63) is 485 Å². The first kappa shape index (κ1) is 77.2. The van der Waals surface area contributed by atoms with Crippen molar-refractivity contribution in [2.45, 2.75) is 0 Å². The van der Waals surface area contributed by atoms with Gasteiger partial charge in [-0.3, -0.25) is 0 Å². The largest absolute Gasteiger partial charge is 0.345 e. The highest BCUT2D eigenvalue weighted by molar-refractivity contribution is 6.02. The summed E-state index contributed by atoms with van der Waals surface area (Å²) in [4.78, 5) is 9.07. The average molecular weight is 1540 g/mol. The van der Waals surface area contributed by atoms with Gasteiger partial charge in [-0.1, -0.05) is 394 Å². The summed E-state index contributed by atoms with van der Waals surface area (Å²) in [5, 5.41) is 10.2. The molecule has 4 nitrogen and oxygen atoms in total. The fourth-order valence-electron chi connectivity index (χ4n) is 16.2. The fraction of sp³-hybridized carbons (Fsp3) is 0.0345. The molecule has 0 saturated heterocycles. The second-order valence-corrected chi connectivity index (χ2v) is 30.2. The van der Waals surface area contributed by atoms with E-state index in [-0.39, 0.29) is 0 Å². The SMILES string of the molecule is CN(c1ccc(-c2ccccc2)cc1)c1ccccc1-c1cccc2ccccc12.CN(c1cccc(-c2ccc3ccccc3c2)c1)c1ccccc1-c1ccccc1.CN(c1cccc(-c2ccccc2)c1)c1cccc(-c2ccc3ccccc3c2)c1.CN(c1cccc(-c2ccccc2)c1)c1ccccc1-c1cccc2ccccc12. The molecule has 0 radical (unpaired) electrons. The van der Waals surface area contributed by atoms with E-state index in [1.165, 1.54) is 178 Å². The van der Waals surface area contributed by atoms with Gasteiger partial charge in [-0.2, -0.15) is 0 Å². The van der Waals surface area contributed by atoms with E-state index in [4.69, 9.17) is 0 Å². The van der Waals surface area contributed by atoms with Crippen molar-refractivity contribution < 1.29 is 0 Å². The number of benzene rings is 20. The van der Waals surface area contributed by atoms with Crippen LogP contribution in [0.4, 0.5) is 45.5 Å². The summed E-state index contributed by atoms with van der Waals surface area (Å²) in [6, 6.07) is 172. The van der Waals surface area contributed by atoms with E-state index in [0.29, 0.717) is 0 Å². The van der Waals surface area contributed by atoms with Gasteiger partial charge >= 0.3 is 0 Å². The molecule has 0 fully saturated rings. The lowest BCUT2D eigenvalue weighted by Gasteiger charge is -2.24. The van der Waals surface area contributed by atoms with Gasteiger partial charge in [0.25, 0.3) is 0 Å². The molecule has 0 heterocycles. The van der Waals surface area contributed by atoms with Crippen LogP contribution >= 0.6 is 0 Å². The Labute approximate surface area is 706 Å². The number of hydrogen-bond acceptors (Lipinski definition) is 4. The normalized spacial score (nSPS) is 10.8. The zero-order chi connectivity index (χ0) is 81.4. The van der Waals surface area contributed by atoms with Crippen molar-refractivity contribution in [3.8, 4) is 89.0 Å². The molecule has 0 saturated carbocycles. The van der Waals surface area contributed by atoms with E-state index in [1.54, 1.807) is 0 Å². The van der Waals surface area contributed by atoms with Crippen LogP contribution in [0.2, 0.25) is 0 Å². The highest BCUT2D eigenvalue weighted by Crippen LogP contribution is 2.43. The zero-order valence-corrected chi connectivity index (χ0v) is 68.0. The van der Waals surface area contributed by atoms with E-state index in [9.17, 15) is 0 Å². The Morgan fingerprint density at radius 1 is 0.125 bits per heavy atom. The number of rotatable bonds is 16. The maximum absolute atomic E-state index is 2.28. The van der Waals surface area contributed by atoms with Gasteiger partial charge in [0.05, 0.1) is 0 Å². The van der Waals surface area contributed by atoms with Crippen LogP contribution < -0.4 is 19.6 Å². The Morgan fingerprint density at radius 2 is 0.367 bits per heavy atom. The van der Waals surface area contributed by atoms with Crippen molar-refractivity contribution in [1.82, 2.24) is 0 Å². The van der Waals surface area contributed by atoms with Gasteiger partial charge in [-0.05, 0) is 206 Å². The molecule has 0 spiro atoms. The maximum atomic E-state index is 2.28. The van der Waals surface area contributed by atoms with E-state index in [1.807, 2.05) is 0 Å². The lowest BCUT2D eigenvalue weighted by Crippen LogP contribution is -2.10. The molecule has 4 heteroatoms. The van der Waals surface area contributed by atoms with Crippen molar-refractivity contribution in [2.24, 2.45) is 0 Å². The molecule has 0 aliphatic rings. The molecule has 0 N–H and O–H groups in total. The smallest absolute Gasteiger partial charge is 0.0487 e. The van der Waals surface area contributed by atoms with Gasteiger partial charge in [-0.15, -0.1) is 0 Å². The summed E-state index contributed by atoms with van der Waals surface area (Å²) in [6.45, 7) is 0. The minimum absolute atomic E-state index is 1.17. The van der Waals surface area contributed by atoms with Crippen LogP contribution in [0.5, 0.6) is 0 Å². The summed E-state index contributed by atoms with van der Waals surface area (Å²) in [6.07, 6.45) is 0.